The van der Waals surface area contributed by atoms with Crippen molar-refractivity contribution in [2.45, 2.75) is 66.4 Å². The lowest BCUT2D eigenvalue weighted by atomic mass is 9.93. The van der Waals surface area contributed by atoms with Gasteiger partial charge in [0, 0.05) is 31.3 Å². The first-order chi connectivity index (χ1) is 10.7. The smallest absolute Gasteiger partial charge is 0.0707 e. The van der Waals surface area contributed by atoms with Crippen molar-refractivity contribution in [2.75, 3.05) is 44.5 Å². The van der Waals surface area contributed by atoms with Crippen LogP contribution in [-0.2, 0) is 14.2 Å². The van der Waals surface area contributed by atoms with Gasteiger partial charge in [-0.15, -0.1) is 0 Å². The predicted molar refractivity (Wildman–Crippen MR) is 106 cm³/mol. The van der Waals surface area contributed by atoms with E-state index in [9.17, 15) is 0 Å². The monoisotopic (exact) mass is 366 g/mol. The zero-order chi connectivity index (χ0) is 17.6. The molecule has 0 aromatic heterocycles. The molecule has 0 fully saturated rings. The van der Waals surface area contributed by atoms with E-state index < -0.39 is 0 Å². The molecule has 0 unspecified atom stereocenters. The topological polar surface area (TPSA) is 27.7 Å². The standard InChI is InChI=1S/C18H38O3S2/c1-17(2,3)9-12-19-10-7-15-22-23-16-8-11-20-13-14-21-18(4,5)6/h7-16H2,1-6H3. The fraction of sp³-hybridized carbons (Fsp3) is 1.00. The first-order valence-corrected chi connectivity index (χ1v) is 11.2. The molecule has 0 aliphatic carbocycles. The van der Waals surface area contributed by atoms with E-state index >= 15 is 0 Å². The molecule has 0 aliphatic rings. The van der Waals surface area contributed by atoms with E-state index in [-0.39, 0.29) is 5.60 Å². The summed E-state index contributed by atoms with van der Waals surface area (Å²) < 4.78 is 16.8. The van der Waals surface area contributed by atoms with Gasteiger partial charge in [0.05, 0.1) is 18.8 Å². The van der Waals surface area contributed by atoms with E-state index in [1.54, 1.807) is 0 Å². The van der Waals surface area contributed by atoms with E-state index in [1.165, 1.54) is 5.75 Å². The van der Waals surface area contributed by atoms with E-state index in [0.29, 0.717) is 18.6 Å². The van der Waals surface area contributed by atoms with Gasteiger partial charge < -0.3 is 14.2 Å². The summed E-state index contributed by atoms with van der Waals surface area (Å²) in [6, 6.07) is 0. The van der Waals surface area contributed by atoms with Gasteiger partial charge in [0.2, 0.25) is 0 Å². The summed E-state index contributed by atoms with van der Waals surface area (Å²) >= 11 is 0. The first kappa shape index (κ1) is 23.6. The second-order valence-electron chi connectivity index (χ2n) is 7.85. The van der Waals surface area contributed by atoms with Crippen molar-refractivity contribution < 1.29 is 14.2 Å². The molecule has 0 spiro atoms. The number of hydrogen-bond acceptors (Lipinski definition) is 5. The molecule has 0 N–H and O–H groups in total. The Morgan fingerprint density at radius 1 is 0.652 bits per heavy atom. The van der Waals surface area contributed by atoms with Crippen LogP contribution in [0.2, 0.25) is 0 Å². The van der Waals surface area contributed by atoms with Gasteiger partial charge in [0.1, 0.15) is 0 Å². The minimum atomic E-state index is -0.0632. The molecule has 0 saturated heterocycles. The summed E-state index contributed by atoms with van der Waals surface area (Å²) in [7, 11) is 3.88. The third-order valence-corrected chi connectivity index (χ3v) is 5.45. The molecule has 0 rings (SSSR count). The highest BCUT2D eigenvalue weighted by atomic mass is 33.1. The van der Waals surface area contributed by atoms with E-state index in [1.807, 2.05) is 21.6 Å². The third kappa shape index (κ3) is 22.6. The molecule has 140 valence electrons. The van der Waals surface area contributed by atoms with Crippen LogP contribution < -0.4 is 0 Å². The van der Waals surface area contributed by atoms with Crippen LogP contribution in [0.4, 0.5) is 0 Å². The Morgan fingerprint density at radius 2 is 1.17 bits per heavy atom. The number of hydrogen-bond donors (Lipinski definition) is 0. The van der Waals surface area contributed by atoms with Crippen LogP contribution in [0.1, 0.15) is 60.8 Å². The predicted octanol–water partition coefficient (Wildman–Crippen LogP) is 5.43. The van der Waals surface area contributed by atoms with Crippen molar-refractivity contribution in [3.05, 3.63) is 0 Å². The second-order valence-corrected chi connectivity index (χ2v) is 10.5. The van der Waals surface area contributed by atoms with Crippen molar-refractivity contribution in [1.29, 1.82) is 0 Å². The molecule has 0 aromatic rings. The summed E-state index contributed by atoms with van der Waals surface area (Å²) in [5, 5.41) is 0. The summed E-state index contributed by atoms with van der Waals surface area (Å²) in [5.41, 5.74) is 0.317. The molecule has 0 heterocycles. The highest BCUT2D eigenvalue weighted by Crippen LogP contribution is 2.23. The van der Waals surface area contributed by atoms with Crippen LogP contribution in [0.5, 0.6) is 0 Å². The molecule has 23 heavy (non-hydrogen) atoms. The van der Waals surface area contributed by atoms with Gasteiger partial charge in [0.15, 0.2) is 0 Å². The normalized spacial score (nSPS) is 12.8. The van der Waals surface area contributed by atoms with E-state index in [4.69, 9.17) is 14.2 Å². The summed E-state index contributed by atoms with van der Waals surface area (Å²) in [4.78, 5) is 0. The van der Waals surface area contributed by atoms with Crippen molar-refractivity contribution in [1.82, 2.24) is 0 Å². The molecule has 0 aromatic carbocycles. The number of rotatable bonds is 14. The zero-order valence-electron chi connectivity index (χ0n) is 16.1. The molecule has 5 heteroatoms. The van der Waals surface area contributed by atoms with Gasteiger partial charge in [-0.3, -0.25) is 0 Å². The minimum Gasteiger partial charge on any atom is -0.381 e. The Morgan fingerprint density at radius 3 is 1.65 bits per heavy atom. The van der Waals surface area contributed by atoms with Crippen molar-refractivity contribution in [2.24, 2.45) is 5.41 Å². The number of ether oxygens (including phenoxy) is 3. The van der Waals surface area contributed by atoms with E-state index in [0.717, 1.165) is 44.8 Å². The lowest BCUT2D eigenvalue weighted by Gasteiger charge is -2.19. The van der Waals surface area contributed by atoms with Crippen molar-refractivity contribution >= 4 is 21.6 Å². The molecule has 0 aliphatic heterocycles. The Hall–Kier alpha value is 0.580. The maximum absolute atomic E-state index is 5.66. The van der Waals surface area contributed by atoms with Crippen LogP contribution >= 0.6 is 21.6 Å². The first-order valence-electron chi connectivity index (χ1n) is 8.75. The Labute approximate surface area is 152 Å². The lowest BCUT2D eigenvalue weighted by molar-refractivity contribution is -0.0346. The highest BCUT2D eigenvalue weighted by Gasteiger charge is 2.09. The second kappa shape index (κ2) is 13.8. The molecule has 3 nitrogen and oxygen atoms in total. The Balaban J connectivity index is 3.08. The fourth-order valence-corrected chi connectivity index (χ4v) is 3.67. The molecule has 0 bridgehead atoms. The fourth-order valence-electron chi connectivity index (χ4n) is 1.55. The van der Waals surface area contributed by atoms with E-state index in [2.05, 4.69) is 41.5 Å². The lowest BCUT2D eigenvalue weighted by Crippen LogP contribution is -2.21. The van der Waals surface area contributed by atoms with Crippen molar-refractivity contribution in [3.8, 4) is 0 Å². The van der Waals surface area contributed by atoms with Gasteiger partial charge in [0.25, 0.3) is 0 Å². The van der Waals surface area contributed by atoms with Crippen LogP contribution in [0, 0.1) is 5.41 Å². The average Bonchev–Trinajstić information content (AvgIpc) is 2.40. The largest absolute Gasteiger partial charge is 0.381 e. The van der Waals surface area contributed by atoms with Crippen LogP contribution in [-0.4, -0.2) is 50.1 Å². The van der Waals surface area contributed by atoms with Gasteiger partial charge in [-0.05, 0) is 45.4 Å². The molecular weight excluding hydrogens is 328 g/mol. The summed E-state index contributed by atoms with van der Waals surface area (Å²) in [6.45, 7) is 16.9. The molecular formula is C18H38O3S2. The van der Waals surface area contributed by atoms with Crippen molar-refractivity contribution in [3.63, 3.8) is 0 Å². The Bertz CT molecular complexity index is 234. The average molecular weight is 367 g/mol. The quantitative estimate of drug-likeness (QED) is 0.302. The SMILES string of the molecule is CC(C)(C)CCOCCCSSCCCOCCOC(C)(C)C. The third-order valence-electron chi connectivity index (χ3n) is 2.88. The minimum absolute atomic E-state index is 0.0632. The maximum atomic E-state index is 5.66. The zero-order valence-corrected chi connectivity index (χ0v) is 17.7. The molecule has 0 amide bonds. The van der Waals surface area contributed by atoms with Crippen LogP contribution in [0.3, 0.4) is 0 Å². The summed E-state index contributed by atoms with van der Waals surface area (Å²) in [6.07, 6.45) is 3.38. The van der Waals surface area contributed by atoms with Gasteiger partial charge >= 0.3 is 0 Å². The molecule has 0 saturated carbocycles. The molecule has 0 atom stereocenters. The van der Waals surface area contributed by atoms with Gasteiger partial charge in [-0.25, -0.2) is 0 Å². The molecule has 0 radical (unpaired) electrons. The highest BCUT2D eigenvalue weighted by molar-refractivity contribution is 8.76. The maximum Gasteiger partial charge on any atom is 0.0707 e. The van der Waals surface area contributed by atoms with Gasteiger partial charge in [-0.1, -0.05) is 42.4 Å². The van der Waals surface area contributed by atoms with Crippen LogP contribution in [0.25, 0.3) is 0 Å². The Kier molecular flexibility index (Phi) is 14.2. The summed E-state index contributed by atoms with van der Waals surface area (Å²) in [5.74, 6) is 2.32. The van der Waals surface area contributed by atoms with Gasteiger partial charge in [-0.2, -0.15) is 0 Å². The van der Waals surface area contributed by atoms with Crippen LogP contribution in [0.15, 0.2) is 0 Å².